The van der Waals surface area contributed by atoms with E-state index in [2.05, 4.69) is 20.9 Å². The van der Waals surface area contributed by atoms with Crippen LogP contribution in [-0.4, -0.2) is 40.6 Å². The van der Waals surface area contributed by atoms with Crippen LogP contribution < -0.4 is 16.0 Å². The summed E-state index contributed by atoms with van der Waals surface area (Å²) in [6.07, 6.45) is 1.30. The molecule has 0 saturated carbocycles. The van der Waals surface area contributed by atoms with Crippen LogP contribution in [0.1, 0.15) is 5.56 Å². The molecule has 1 N–H and O–H groups in total. The lowest BCUT2D eigenvalue weighted by Gasteiger charge is -2.18. The molecule has 1 aromatic heterocycles. The summed E-state index contributed by atoms with van der Waals surface area (Å²) in [5.41, 5.74) is -0.00319. The smallest absolute Gasteiger partial charge is 0.328 e. The van der Waals surface area contributed by atoms with Gasteiger partial charge in [0.05, 0.1) is 11.0 Å². The molecule has 0 spiro atoms. The minimum atomic E-state index is -0.624. The summed E-state index contributed by atoms with van der Waals surface area (Å²) in [5.74, 6) is 0.478. The summed E-state index contributed by atoms with van der Waals surface area (Å²) >= 11 is 3.03. The van der Waals surface area contributed by atoms with E-state index in [1.807, 2.05) is 31.2 Å². The first kappa shape index (κ1) is 18.0. The van der Waals surface area contributed by atoms with Crippen LogP contribution in [0.3, 0.4) is 0 Å². The maximum absolute atomic E-state index is 12.2. The van der Waals surface area contributed by atoms with Crippen molar-refractivity contribution in [3.63, 3.8) is 0 Å². The van der Waals surface area contributed by atoms with Gasteiger partial charge in [0.15, 0.2) is 0 Å². The third-order valence-corrected chi connectivity index (χ3v) is 3.98. The van der Waals surface area contributed by atoms with E-state index in [1.54, 1.807) is 7.05 Å². The van der Waals surface area contributed by atoms with Crippen molar-refractivity contribution in [1.82, 2.24) is 14.5 Å². The second kappa shape index (κ2) is 7.96. The molecular formula is C16H18BrN3O4. The molecule has 1 aromatic carbocycles. The van der Waals surface area contributed by atoms with Crippen LogP contribution >= 0.6 is 15.9 Å². The summed E-state index contributed by atoms with van der Waals surface area (Å²) in [6.45, 7) is 2.56. The Hall–Kier alpha value is -2.35. The molecule has 8 heteroatoms. The van der Waals surface area contributed by atoms with E-state index >= 15 is 0 Å². The monoisotopic (exact) mass is 395 g/mol. The number of nitrogens with one attached hydrogen (secondary N) is 1. The number of halogens is 1. The van der Waals surface area contributed by atoms with Crippen molar-refractivity contribution in [3.05, 3.63) is 61.3 Å². The molecule has 0 aliphatic carbocycles. The first-order chi connectivity index (χ1) is 11.4. The van der Waals surface area contributed by atoms with Crippen molar-refractivity contribution in [2.75, 3.05) is 20.2 Å². The Morgan fingerprint density at radius 2 is 1.96 bits per heavy atom. The van der Waals surface area contributed by atoms with E-state index in [1.165, 1.54) is 11.1 Å². The van der Waals surface area contributed by atoms with Crippen LogP contribution in [0.2, 0.25) is 0 Å². The van der Waals surface area contributed by atoms with Crippen molar-refractivity contribution in [2.45, 2.75) is 13.5 Å². The molecule has 2 rings (SSSR count). The van der Waals surface area contributed by atoms with Crippen molar-refractivity contribution in [1.29, 1.82) is 0 Å². The molecule has 0 atom stereocenters. The quantitative estimate of drug-likeness (QED) is 0.794. The minimum absolute atomic E-state index is 0.157. The van der Waals surface area contributed by atoms with E-state index in [9.17, 15) is 14.4 Å². The van der Waals surface area contributed by atoms with E-state index in [-0.39, 0.29) is 16.9 Å². The fourth-order valence-electron chi connectivity index (χ4n) is 1.93. The molecule has 0 saturated heterocycles. The molecule has 0 aliphatic heterocycles. The fraction of sp³-hybridized carbons (Fsp3) is 0.312. The lowest BCUT2D eigenvalue weighted by Crippen LogP contribution is -2.38. The molecule has 0 bridgehead atoms. The average Bonchev–Trinajstić information content (AvgIpc) is 2.54. The van der Waals surface area contributed by atoms with Gasteiger partial charge < -0.3 is 9.64 Å². The second-order valence-corrected chi connectivity index (χ2v) is 6.20. The van der Waals surface area contributed by atoms with E-state index in [0.717, 1.165) is 15.9 Å². The highest BCUT2D eigenvalue weighted by molar-refractivity contribution is 9.10. The lowest BCUT2D eigenvalue weighted by atomic mass is 10.2. The largest absolute Gasteiger partial charge is 0.492 e. The van der Waals surface area contributed by atoms with E-state index in [4.69, 9.17) is 4.74 Å². The van der Waals surface area contributed by atoms with Crippen molar-refractivity contribution in [2.24, 2.45) is 0 Å². The number of carbonyl (C=O) groups is 1. The zero-order chi connectivity index (χ0) is 17.7. The van der Waals surface area contributed by atoms with E-state index in [0.29, 0.717) is 13.2 Å². The molecule has 0 aliphatic rings. The van der Waals surface area contributed by atoms with Crippen LogP contribution in [0.5, 0.6) is 5.75 Å². The zero-order valence-electron chi connectivity index (χ0n) is 13.4. The summed E-state index contributed by atoms with van der Waals surface area (Å²) < 4.78 is 6.91. The lowest BCUT2D eigenvalue weighted by molar-refractivity contribution is -0.130. The zero-order valence-corrected chi connectivity index (χ0v) is 15.0. The third-order valence-electron chi connectivity index (χ3n) is 3.42. The number of ether oxygens (including phenoxy) is 1. The highest BCUT2D eigenvalue weighted by atomic mass is 79.9. The number of H-pyrrole nitrogens is 1. The van der Waals surface area contributed by atoms with Gasteiger partial charge in [0.2, 0.25) is 5.91 Å². The number of likely N-dealkylation sites (N-methyl/N-ethyl adjacent to an activating group) is 1. The van der Waals surface area contributed by atoms with Gasteiger partial charge in [0, 0.05) is 13.2 Å². The Balaban J connectivity index is 1.88. The van der Waals surface area contributed by atoms with Gasteiger partial charge in [-0.2, -0.15) is 0 Å². The van der Waals surface area contributed by atoms with Gasteiger partial charge in [-0.15, -0.1) is 0 Å². The standard InChI is InChI=1S/C16H18BrN3O4/c1-11-3-5-12(6-4-11)24-8-7-19(2)14(21)10-20-9-13(17)15(22)18-16(20)23/h3-6,9H,7-8,10H2,1-2H3,(H,18,22,23). The SMILES string of the molecule is Cc1ccc(OCCN(C)C(=O)Cn2cc(Br)c(=O)[nH]c2=O)cc1. The molecule has 128 valence electrons. The van der Waals surface area contributed by atoms with Crippen LogP contribution in [0.25, 0.3) is 0 Å². The molecular weight excluding hydrogens is 378 g/mol. The average molecular weight is 396 g/mol. The summed E-state index contributed by atoms with van der Waals surface area (Å²) in [4.78, 5) is 38.7. The summed E-state index contributed by atoms with van der Waals surface area (Å²) in [6, 6.07) is 7.64. The summed E-state index contributed by atoms with van der Waals surface area (Å²) in [7, 11) is 1.63. The highest BCUT2D eigenvalue weighted by Crippen LogP contribution is 2.11. The number of aromatic nitrogens is 2. The van der Waals surface area contributed by atoms with Crippen molar-refractivity contribution < 1.29 is 9.53 Å². The Morgan fingerprint density at radius 3 is 2.62 bits per heavy atom. The van der Waals surface area contributed by atoms with Gasteiger partial charge in [-0.25, -0.2) is 4.79 Å². The number of rotatable bonds is 6. The van der Waals surface area contributed by atoms with Gasteiger partial charge in [-0.3, -0.25) is 19.1 Å². The van der Waals surface area contributed by atoms with Crippen LogP contribution in [0, 0.1) is 6.92 Å². The molecule has 0 fully saturated rings. The topological polar surface area (TPSA) is 84.4 Å². The fourth-order valence-corrected chi connectivity index (χ4v) is 2.27. The third kappa shape index (κ3) is 4.82. The maximum atomic E-state index is 12.2. The van der Waals surface area contributed by atoms with E-state index < -0.39 is 11.2 Å². The van der Waals surface area contributed by atoms with Gasteiger partial charge in [0.1, 0.15) is 18.9 Å². The number of benzene rings is 1. The number of carbonyl (C=O) groups excluding carboxylic acids is 1. The molecule has 1 heterocycles. The molecule has 24 heavy (non-hydrogen) atoms. The summed E-state index contributed by atoms with van der Waals surface area (Å²) in [5, 5.41) is 0. The molecule has 0 unspecified atom stereocenters. The van der Waals surface area contributed by atoms with Gasteiger partial charge in [0.25, 0.3) is 5.56 Å². The number of nitrogens with zero attached hydrogens (tertiary/aromatic N) is 2. The molecule has 2 aromatic rings. The Labute approximate surface area is 147 Å². The Morgan fingerprint density at radius 1 is 1.29 bits per heavy atom. The Bertz CT molecular complexity index is 826. The molecule has 0 radical (unpaired) electrons. The predicted molar refractivity (Wildman–Crippen MR) is 93.3 cm³/mol. The van der Waals surface area contributed by atoms with Gasteiger partial charge >= 0.3 is 5.69 Å². The van der Waals surface area contributed by atoms with Gasteiger partial charge in [-0.05, 0) is 35.0 Å². The first-order valence-electron chi connectivity index (χ1n) is 7.29. The minimum Gasteiger partial charge on any atom is -0.492 e. The number of hydrogen-bond donors (Lipinski definition) is 1. The highest BCUT2D eigenvalue weighted by Gasteiger charge is 2.12. The van der Waals surface area contributed by atoms with Gasteiger partial charge in [-0.1, -0.05) is 17.7 Å². The first-order valence-corrected chi connectivity index (χ1v) is 8.09. The number of aryl methyl sites for hydroxylation is 1. The number of amides is 1. The normalized spacial score (nSPS) is 10.5. The van der Waals surface area contributed by atoms with Crippen LogP contribution in [0.4, 0.5) is 0 Å². The second-order valence-electron chi connectivity index (χ2n) is 5.34. The number of aromatic amines is 1. The number of hydrogen-bond acceptors (Lipinski definition) is 4. The molecule has 7 nitrogen and oxygen atoms in total. The maximum Gasteiger partial charge on any atom is 0.328 e. The Kier molecular flexibility index (Phi) is 5.97. The van der Waals surface area contributed by atoms with Crippen molar-refractivity contribution in [3.8, 4) is 5.75 Å². The van der Waals surface area contributed by atoms with Crippen molar-refractivity contribution >= 4 is 21.8 Å². The van der Waals surface area contributed by atoms with Crippen LogP contribution in [0.15, 0.2) is 44.5 Å². The predicted octanol–water partition coefficient (Wildman–Crippen LogP) is 1.14. The van der Waals surface area contributed by atoms with Crippen LogP contribution in [-0.2, 0) is 11.3 Å². The molecule has 1 amide bonds.